The molecule has 1 N–H and O–H groups in total. The quantitative estimate of drug-likeness (QED) is 0.792. The second-order valence-electron chi connectivity index (χ2n) is 4.64. The molecule has 0 bridgehead atoms. The molecule has 1 aliphatic carbocycles. The van der Waals surface area contributed by atoms with Gasteiger partial charge in [0.1, 0.15) is 0 Å². The van der Waals surface area contributed by atoms with Gasteiger partial charge in [0, 0.05) is 21.6 Å². The Morgan fingerprint density at radius 2 is 2.22 bits per heavy atom. The molecule has 0 aliphatic heterocycles. The first-order chi connectivity index (χ1) is 8.74. The van der Waals surface area contributed by atoms with E-state index in [2.05, 4.69) is 6.07 Å². The van der Waals surface area contributed by atoms with E-state index in [1.54, 1.807) is 17.4 Å². The van der Waals surface area contributed by atoms with Crippen LogP contribution >= 0.6 is 23.1 Å². The van der Waals surface area contributed by atoms with Gasteiger partial charge in [0.25, 0.3) is 0 Å². The van der Waals surface area contributed by atoms with Crippen molar-refractivity contribution < 1.29 is 9.90 Å². The van der Waals surface area contributed by atoms with Gasteiger partial charge in [0.05, 0.1) is 0 Å². The van der Waals surface area contributed by atoms with E-state index in [-0.39, 0.29) is 0 Å². The Labute approximate surface area is 116 Å². The van der Waals surface area contributed by atoms with Crippen molar-refractivity contribution in [2.75, 3.05) is 5.75 Å². The van der Waals surface area contributed by atoms with Gasteiger partial charge in [0.15, 0.2) is 0 Å². The van der Waals surface area contributed by atoms with E-state index in [9.17, 15) is 4.79 Å². The third-order valence-corrected chi connectivity index (χ3v) is 5.60. The predicted octanol–water partition coefficient (Wildman–Crippen LogP) is 4.27. The number of thiophene rings is 1. The first-order valence-corrected chi connectivity index (χ1v) is 8.28. The fraction of sp³-hybridized carbons (Fsp3) is 0.500. The molecule has 1 aromatic rings. The summed E-state index contributed by atoms with van der Waals surface area (Å²) < 4.78 is 0. The van der Waals surface area contributed by atoms with Crippen LogP contribution in [0.15, 0.2) is 18.2 Å². The van der Waals surface area contributed by atoms with Crippen molar-refractivity contribution in [2.24, 2.45) is 5.92 Å². The van der Waals surface area contributed by atoms with E-state index >= 15 is 0 Å². The van der Waals surface area contributed by atoms with E-state index in [0.29, 0.717) is 0 Å². The van der Waals surface area contributed by atoms with Gasteiger partial charge >= 0.3 is 5.97 Å². The molecular formula is C14H18O2S2. The molecule has 0 amide bonds. The normalized spacial score (nSPS) is 16.7. The van der Waals surface area contributed by atoms with Crippen LogP contribution in [-0.2, 0) is 10.5 Å². The lowest BCUT2D eigenvalue weighted by Gasteiger charge is -2.06. The maximum absolute atomic E-state index is 10.4. The molecule has 1 aliphatic rings. The van der Waals surface area contributed by atoms with Gasteiger partial charge < -0.3 is 5.11 Å². The topological polar surface area (TPSA) is 37.3 Å². The zero-order valence-electron chi connectivity index (χ0n) is 10.3. The van der Waals surface area contributed by atoms with Crippen molar-refractivity contribution in [2.45, 2.75) is 31.4 Å². The molecule has 0 unspecified atom stereocenters. The highest BCUT2D eigenvalue weighted by molar-refractivity contribution is 7.98. The summed E-state index contributed by atoms with van der Waals surface area (Å²) in [4.78, 5) is 12.8. The average molecular weight is 282 g/mol. The molecular weight excluding hydrogens is 264 g/mol. The SMILES string of the molecule is O=C(O)C=Cc1ccc(CSCC2CCCC2)s1. The number of carboxylic acids is 1. The Bertz CT molecular complexity index is 417. The van der Waals surface area contributed by atoms with E-state index < -0.39 is 5.97 Å². The molecule has 0 aromatic carbocycles. The minimum Gasteiger partial charge on any atom is -0.478 e. The number of carbonyl (C=O) groups is 1. The van der Waals surface area contributed by atoms with Crippen molar-refractivity contribution in [3.8, 4) is 0 Å². The Balaban J connectivity index is 1.74. The van der Waals surface area contributed by atoms with Crippen LogP contribution < -0.4 is 0 Å². The van der Waals surface area contributed by atoms with Crippen molar-refractivity contribution in [1.82, 2.24) is 0 Å². The lowest BCUT2D eigenvalue weighted by atomic mass is 10.1. The third-order valence-electron chi connectivity index (χ3n) is 3.15. The fourth-order valence-corrected chi connectivity index (χ4v) is 4.50. The summed E-state index contributed by atoms with van der Waals surface area (Å²) in [6, 6.07) is 4.10. The van der Waals surface area contributed by atoms with Crippen LogP contribution in [0.5, 0.6) is 0 Å². The number of hydrogen-bond donors (Lipinski definition) is 1. The van der Waals surface area contributed by atoms with Crippen molar-refractivity contribution in [3.05, 3.63) is 28.0 Å². The van der Waals surface area contributed by atoms with Crippen molar-refractivity contribution >= 4 is 35.1 Å². The Hall–Kier alpha value is -0.740. The first kappa shape index (κ1) is 13.7. The molecule has 2 rings (SSSR count). The standard InChI is InChI=1S/C14H18O2S2/c15-14(16)8-7-12-5-6-13(18-12)10-17-9-11-3-1-2-4-11/h5-8,11H,1-4,9-10H2,(H,15,16). The maximum Gasteiger partial charge on any atom is 0.328 e. The van der Waals surface area contributed by atoms with Crippen LogP contribution in [0.1, 0.15) is 35.4 Å². The Kier molecular flexibility index (Phi) is 5.32. The molecule has 1 aromatic heterocycles. The molecule has 0 saturated heterocycles. The highest BCUT2D eigenvalue weighted by Gasteiger charge is 2.14. The van der Waals surface area contributed by atoms with E-state index in [4.69, 9.17) is 5.11 Å². The molecule has 2 nitrogen and oxygen atoms in total. The number of aliphatic carboxylic acids is 1. The second-order valence-corrected chi connectivity index (χ2v) is 6.87. The number of hydrogen-bond acceptors (Lipinski definition) is 3. The van der Waals surface area contributed by atoms with E-state index in [1.165, 1.54) is 42.4 Å². The van der Waals surface area contributed by atoms with Crippen LogP contribution in [-0.4, -0.2) is 16.8 Å². The Morgan fingerprint density at radius 1 is 1.44 bits per heavy atom. The van der Waals surface area contributed by atoms with Crippen molar-refractivity contribution in [3.63, 3.8) is 0 Å². The second kappa shape index (κ2) is 7.00. The summed E-state index contributed by atoms with van der Waals surface area (Å²) in [5, 5.41) is 8.56. The average Bonchev–Trinajstić information content (AvgIpc) is 2.97. The summed E-state index contributed by atoms with van der Waals surface area (Å²) in [6.45, 7) is 0. The monoisotopic (exact) mass is 282 g/mol. The molecule has 0 spiro atoms. The molecule has 98 valence electrons. The molecule has 4 heteroatoms. The van der Waals surface area contributed by atoms with Gasteiger partial charge in [-0.05, 0) is 42.7 Å². The highest BCUT2D eigenvalue weighted by Crippen LogP contribution is 2.30. The lowest BCUT2D eigenvalue weighted by molar-refractivity contribution is -0.131. The van der Waals surface area contributed by atoms with Gasteiger partial charge in [0.2, 0.25) is 0 Å². The van der Waals surface area contributed by atoms with Gasteiger partial charge in [-0.25, -0.2) is 4.79 Å². The van der Waals surface area contributed by atoms with Gasteiger partial charge in [-0.1, -0.05) is 12.8 Å². The van der Waals surface area contributed by atoms with Gasteiger partial charge in [-0.2, -0.15) is 11.8 Å². The summed E-state index contributed by atoms with van der Waals surface area (Å²) >= 11 is 3.70. The van der Waals surface area contributed by atoms with Crippen LogP contribution in [0.25, 0.3) is 6.08 Å². The van der Waals surface area contributed by atoms with Crippen LogP contribution in [0, 0.1) is 5.92 Å². The predicted molar refractivity (Wildman–Crippen MR) is 79.1 cm³/mol. The van der Waals surface area contributed by atoms with E-state index in [1.807, 2.05) is 17.8 Å². The number of rotatable bonds is 6. The molecule has 1 saturated carbocycles. The largest absolute Gasteiger partial charge is 0.478 e. The molecule has 0 atom stereocenters. The number of carboxylic acid groups (broad SMARTS) is 1. The Morgan fingerprint density at radius 3 is 2.94 bits per heavy atom. The van der Waals surface area contributed by atoms with Crippen LogP contribution in [0.2, 0.25) is 0 Å². The zero-order valence-corrected chi connectivity index (χ0v) is 11.9. The van der Waals surface area contributed by atoms with Gasteiger partial charge in [-0.15, -0.1) is 11.3 Å². The minimum atomic E-state index is -0.888. The minimum absolute atomic E-state index is 0.888. The number of thioether (sulfide) groups is 1. The summed E-state index contributed by atoms with van der Waals surface area (Å²) in [5.74, 6) is 2.38. The first-order valence-electron chi connectivity index (χ1n) is 6.31. The summed E-state index contributed by atoms with van der Waals surface area (Å²) in [7, 11) is 0. The highest BCUT2D eigenvalue weighted by atomic mass is 32.2. The van der Waals surface area contributed by atoms with E-state index in [0.717, 1.165) is 16.5 Å². The van der Waals surface area contributed by atoms with Crippen LogP contribution in [0.4, 0.5) is 0 Å². The third kappa shape index (κ3) is 4.50. The maximum atomic E-state index is 10.4. The zero-order chi connectivity index (χ0) is 12.8. The smallest absolute Gasteiger partial charge is 0.328 e. The molecule has 18 heavy (non-hydrogen) atoms. The molecule has 0 radical (unpaired) electrons. The fourth-order valence-electron chi connectivity index (χ4n) is 2.22. The summed E-state index contributed by atoms with van der Waals surface area (Å²) in [5.41, 5.74) is 0. The van der Waals surface area contributed by atoms with Gasteiger partial charge in [-0.3, -0.25) is 0 Å². The summed E-state index contributed by atoms with van der Waals surface area (Å²) in [6.07, 6.45) is 8.50. The molecule has 1 heterocycles. The van der Waals surface area contributed by atoms with Crippen molar-refractivity contribution in [1.29, 1.82) is 0 Å². The lowest BCUT2D eigenvalue weighted by Crippen LogP contribution is -1.96. The van der Waals surface area contributed by atoms with Crippen LogP contribution in [0.3, 0.4) is 0 Å². The molecule has 1 fully saturated rings.